The average Bonchev–Trinajstić information content (AvgIpc) is 3.07. The Balaban J connectivity index is 1.78. The van der Waals surface area contributed by atoms with E-state index in [-0.39, 0.29) is 5.91 Å². The van der Waals surface area contributed by atoms with E-state index in [0.717, 1.165) is 29.7 Å². The molecule has 5 nitrogen and oxygen atoms in total. The minimum atomic E-state index is -0.0525. The molecule has 1 heterocycles. The lowest BCUT2D eigenvalue weighted by molar-refractivity contribution is -0.121. The van der Waals surface area contributed by atoms with Crippen molar-refractivity contribution in [3.8, 4) is 11.3 Å². The summed E-state index contributed by atoms with van der Waals surface area (Å²) in [7, 11) is 0. The zero-order chi connectivity index (χ0) is 17.9. The van der Waals surface area contributed by atoms with Gasteiger partial charge in [0.1, 0.15) is 0 Å². The summed E-state index contributed by atoms with van der Waals surface area (Å²) >= 11 is 5.91. The molecule has 0 saturated heterocycles. The first kappa shape index (κ1) is 19.2. The molecule has 0 bridgehead atoms. The number of aromatic nitrogens is 2. The molecule has 25 heavy (non-hydrogen) atoms. The molecule has 0 spiro atoms. The van der Waals surface area contributed by atoms with Gasteiger partial charge in [-0.1, -0.05) is 62.8 Å². The second-order valence-corrected chi connectivity index (χ2v) is 6.45. The highest BCUT2D eigenvalue weighted by molar-refractivity contribution is 6.30. The van der Waals surface area contributed by atoms with Gasteiger partial charge in [0, 0.05) is 22.6 Å². The number of aromatic amines is 1. The summed E-state index contributed by atoms with van der Waals surface area (Å²) < 4.78 is 0. The van der Waals surface area contributed by atoms with Gasteiger partial charge in [0.2, 0.25) is 5.91 Å². The van der Waals surface area contributed by atoms with Crippen LogP contribution in [0.15, 0.2) is 35.6 Å². The molecule has 6 heteroatoms. The van der Waals surface area contributed by atoms with Crippen molar-refractivity contribution in [1.82, 2.24) is 15.6 Å². The van der Waals surface area contributed by atoms with Crippen molar-refractivity contribution in [1.29, 1.82) is 0 Å². The normalized spacial score (nSPS) is 11.1. The minimum Gasteiger partial charge on any atom is -0.277 e. The number of nitrogens with one attached hydrogen (secondary N) is 2. The lowest BCUT2D eigenvalue weighted by atomic mass is 10.1. The topological polar surface area (TPSA) is 70.1 Å². The fourth-order valence-corrected chi connectivity index (χ4v) is 2.66. The third-order valence-corrected chi connectivity index (χ3v) is 4.20. The first-order chi connectivity index (χ1) is 12.2. The van der Waals surface area contributed by atoms with Crippen LogP contribution in [0.1, 0.15) is 57.4 Å². The zero-order valence-corrected chi connectivity index (χ0v) is 15.4. The Hall–Kier alpha value is -2.14. The van der Waals surface area contributed by atoms with Crippen molar-refractivity contribution < 1.29 is 4.79 Å². The van der Waals surface area contributed by atoms with Crippen molar-refractivity contribution in [2.75, 3.05) is 0 Å². The van der Waals surface area contributed by atoms with Gasteiger partial charge in [0.25, 0.3) is 0 Å². The Labute approximate surface area is 153 Å². The summed E-state index contributed by atoms with van der Waals surface area (Å²) in [5, 5.41) is 11.7. The Bertz CT molecular complexity index is 679. The van der Waals surface area contributed by atoms with Crippen molar-refractivity contribution in [2.24, 2.45) is 5.10 Å². The van der Waals surface area contributed by atoms with Crippen LogP contribution < -0.4 is 5.43 Å². The molecule has 0 saturated carbocycles. The lowest BCUT2D eigenvalue weighted by Gasteiger charge is -2.01. The number of nitrogens with zero attached hydrogens (tertiary/aromatic N) is 2. The molecule has 0 aliphatic heterocycles. The third-order valence-electron chi connectivity index (χ3n) is 3.95. The van der Waals surface area contributed by atoms with E-state index < -0.39 is 0 Å². The molecule has 0 unspecified atom stereocenters. The maximum Gasteiger partial charge on any atom is 0.240 e. The highest BCUT2D eigenvalue weighted by atomic mass is 35.5. The molecule has 2 N–H and O–H groups in total. The summed E-state index contributed by atoms with van der Waals surface area (Å²) in [6, 6.07) is 7.45. The highest BCUT2D eigenvalue weighted by Crippen LogP contribution is 2.21. The summed E-state index contributed by atoms with van der Waals surface area (Å²) in [6.45, 7) is 2.20. The number of amides is 1. The van der Waals surface area contributed by atoms with Gasteiger partial charge >= 0.3 is 0 Å². The van der Waals surface area contributed by atoms with E-state index >= 15 is 0 Å². The van der Waals surface area contributed by atoms with Crippen LogP contribution in [0.2, 0.25) is 5.02 Å². The van der Waals surface area contributed by atoms with E-state index in [4.69, 9.17) is 11.6 Å². The number of hydrogen-bond donors (Lipinski definition) is 2. The number of hydrogen-bond acceptors (Lipinski definition) is 3. The number of rotatable bonds is 10. The second-order valence-electron chi connectivity index (χ2n) is 6.02. The van der Waals surface area contributed by atoms with E-state index in [2.05, 4.69) is 27.6 Å². The number of benzene rings is 1. The van der Waals surface area contributed by atoms with E-state index in [1.165, 1.54) is 25.7 Å². The van der Waals surface area contributed by atoms with Crippen LogP contribution in [0.25, 0.3) is 11.3 Å². The Morgan fingerprint density at radius 1 is 1.20 bits per heavy atom. The summed E-state index contributed by atoms with van der Waals surface area (Å²) in [4.78, 5) is 11.8. The van der Waals surface area contributed by atoms with Crippen LogP contribution in [0.5, 0.6) is 0 Å². The van der Waals surface area contributed by atoms with Crippen molar-refractivity contribution in [3.05, 3.63) is 41.0 Å². The van der Waals surface area contributed by atoms with E-state index in [1.807, 2.05) is 24.3 Å². The van der Waals surface area contributed by atoms with E-state index in [1.54, 1.807) is 12.4 Å². The van der Waals surface area contributed by atoms with Gasteiger partial charge < -0.3 is 0 Å². The first-order valence-electron chi connectivity index (χ1n) is 8.82. The van der Waals surface area contributed by atoms with Gasteiger partial charge in [-0.15, -0.1) is 0 Å². The smallest absolute Gasteiger partial charge is 0.240 e. The maximum absolute atomic E-state index is 11.8. The molecule has 1 aromatic carbocycles. The van der Waals surface area contributed by atoms with Crippen LogP contribution >= 0.6 is 11.6 Å². The van der Waals surface area contributed by atoms with Gasteiger partial charge in [-0.25, -0.2) is 5.43 Å². The van der Waals surface area contributed by atoms with E-state index in [9.17, 15) is 4.79 Å². The molecule has 2 aromatic rings. The molecule has 0 aliphatic carbocycles. The predicted molar refractivity (Wildman–Crippen MR) is 103 cm³/mol. The number of hydrazone groups is 1. The molecule has 1 aromatic heterocycles. The molecule has 0 fully saturated rings. The van der Waals surface area contributed by atoms with Gasteiger partial charge in [-0.2, -0.15) is 10.2 Å². The van der Waals surface area contributed by atoms with Crippen LogP contribution in [-0.4, -0.2) is 22.3 Å². The zero-order valence-electron chi connectivity index (χ0n) is 14.6. The van der Waals surface area contributed by atoms with Gasteiger partial charge in [0.05, 0.1) is 18.1 Å². The SMILES string of the molecule is CCCCCCCCC(=O)N/N=C/c1cn[nH]c1-c1ccc(Cl)cc1. The quantitative estimate of drug-likeness (QED) is 0.358. The van der Waals surface area contributed by atoms with Gasteiger partial charge in [-0.3, -0.25) is 9.89 Å². The van der Waals surface area contributed by atoms with Gasteiger partial charge in [0.15, 0.2) is 0 Å². The number of H-pyrrole nitrogens is 1. The van der Waals surface area contributed by atoms with Crippen LogP contribution in [0.3, 0.4) is 0 Å². The molecule has 0 atom stereocenters. The number of unbranched alkanes of at least 4 members (excludes halogenated alkanes) is 5. The lowest BCUT2D eigenvalue weighted by Crippen LogP contribution is -2.16. The number of carbonyl (C=O) groups is 1. The molecule has 0 aliphatic rings. The Morgan fingerprint density at radius 3 is 2.68 bits per heavy atom. The van der Waals surface area contributed by atoms with Crippen LogP contribution in [0, 0.1) is 0 Å². The largest absolute Gasteiger partial charge is 0.277 e. The second kappa shape index (κ2) is 10.7. The fraction of sp³-hybridized carbons (Fsp3) is 0.421. The molecular weight excluding hydrogens is 336 g/mol. The minimum absolute atomic E-state index is 0.0525. The number of halogens is 1. The van der Waals surface area contributed by atoms with Crippen molar-refractivity contribution >= 4 is 23.7 Å². The van der Waals surface area contributed by atoms with Crippen LogP contribution in [0.4, 0.5) is 0 Å². The summed E-state index contributed by atoms with van der Waals surface area (Å²) in [5.41, 5.74) is 5.18. The first-order valence-corrected chi connectivity index (χ1v) is 9.19. The van der Waals surface area contributed by atoms with Crippen molar-refractivity contribution in [2.45, 2.75) is 51.9 Å². The van der Waals surface area contributed by atoms with Crippen LogP contribution in [-0.2, 0) is 4.79 Å². The van der Waals surface area contributed by atoms with Crippen molar-refractivity contribution in [3.63, 3.8) is 0 Å². The molecule has 1 amide bonds. The average molecular weight is 361 g/mol. The predicted octanol–water partition coefficient (Wildman–Crippen LogP) is 4.93. The Kier molecular flexibility index (Phi) is 8.19. The van der Waals surface area contributed by atoms with Gasteiger partial charge in [-0.05, 0) is 18.6 Å². The molecule has 0 radical (unpaired) electrons. The molecular formula is C19H25ClN4O. The monoisotopic (exact) mass is 360 g/mol. The number of carbonyl (C=O) groups excluding carboxylic acids is 1. The maximum atomic E-state index is 11.8. The fourth-order valence-electron chi connectivity index (χ4n) is 2.54. The Morgan fingerprint density at radius 2 is 1.92 bits per heavy atom. The molecule has 134 valence electrons. The van der Waals surface area contributed by atoms with E-state index in [0.29, 0.717) is 11.4 Å². The summed E-state index contributed by atoms with van der Waals surface area (Å²) in [6.07, 6.45) is 10.8. The standard InChI is InChI=1S/C19H25ClN4O/c1-2-3-4-5-6-7-8-18(25)23-21-13-16-14-22-24-19(16)15-9-11-17(20)12-10-15/h9-14H,2-8H2,1H3,(H,22,24)(H,23,25)/b21-13+. The highest BCUT2D eigenvalue weighted by Gasteiger charge is 2.06. The third kappa shape index (κ3) is 6.70. The molecule has 2 rings (SSSR count). The summed E-state index contributed by atoms with van der Waals surface area (Å²) in [5.74, 6) is -0.0525.